The molecule has 1 amide bonds. The van der Waals surface area contributed by atoms with Gasteiger partial charge in [-0.2, -0.15) is 0 Å². The summed E-state index contributed by atoms with van der Waals surface area (Å²) in [5.74, 6) is -0.0451. The highest BCUT2D eigenvalue weighted by atomic mass is 35.5. The maximum atomic E-state index is 11.8. The van der Waals surface area contributed by atoms with Crippen LogP contribution in [0.3, 0.4) is 0 Å². The molecule has 0 aliphatic rings. The monoisotopic (exact) mass is 291 g/mol. The van der Waals surface area contributed by atoms with Gasteiger partial charge in [0.1, 0.15) is 0 Å². The molecule has 0 aliphatic carbocycles. The van der Waals surface area contributed by atoms with E-state index in [1.54, 1.807) is 30.5 Å². The molecule has 2 rings (SSSR count). The average molecular weight is 292 g/mol. The summed E-state index contributed by atoms with van der Waals surface area (Å²) in [7, 11) is 0. The van der Waals surface area contributed by atoms with Gasteiger partial charge in [0.2, 0.25) is 0 Å². The first-order chi connectivity index (χ1) is 9.75. The van der Waals surface area contributed by atoms with E-state index in [0.717, 1.165) is 25.8 Å². The second kappa shape index (κ2) is 7.70. The van der Waals surface area contributed by atoms with E-state index in [9.17, 15) is 4.79 Å². The molecule has 2 aromatic rings. The van der Waals surface area contributed by atoms with Crippen LogP contribution in [0.25, 0.3) is 0 Å². The molecule has 0 atom stereocenters. The normalized spacial score (nSPS) is 10.4. The summed E-state index contributed by atoms with van der Waals surface area (Å²) < 4.78 is 2.06. The third kappa shape index (κ3) is 4.70. The summed E-state index contributed by atoms with van der Waals surface area (Å²) in [5, 5.41) is 3.55. The van der Waals surface area contributed by atoms with Gasteiger partial charge in [-0.15, -0.1) is 0 Å². The lowest BCUT2D eigenvalue weighted by Gasteiger charge is -2.06. The molecule has 5 heteroatoms. The zero-order valence-corrected chi connectivity index (χ0v) is 12.0. The highest BCUT2D eigenvalue weighted by molar-refractivity contribution is 6.30. The summed E-state index contributed by atoms with van der Waals surface area (Å²) in [6.07, 6.45) is 8.72. The molecule has 1 N–H and O–H groups in total. The Balaban J connectivity index is 1.58. The van der Waals surface area contributed by atoms with E-state index in [-0.39, 0.29) is 5.91 Å². The molecule has 106 valence electrons. The Bertz CT molecular complexity index is 523. The summed E-state index contributed by atoms with van der Waals surface area (Å²) in [6.45, 7) is 1.68. The molecule has 4 nitrogen and oxygen atoms in total. The van der Waals surface area contributed by atoms with Crippen LogP contribution in [-0.4, -0.2) is 22.0 Å². The van der Waals surface area contributed by atoms with Crippen LogP contribution >= 0.6 is 11.6 Å². The van der Waals surface area contributed by atoms with E-state index in [4.69, 9.17) is 11.6 Å². The first-order valence-electron chi connectivity index (χ1n) is 6.75. The maximum absolute atomic E-state index is 11.8. The summed E-state index contributed by atoms with van der Waals surface area (Å²) in [6, 6.07) is 6.91. The van der Waals surface area contributed by atoms with E-state index in [2.05, 4.69) is 14.9 Å². The molecule has 0 bridgehead atoms. The lowest BCUT2D eigenvalue weighted by molar-refractivity contribution is 0.0953. The van der Waals surface area contributed by atoms with E-state index in [0.29, 0.717) is 17.1 Å². The number of benzene rings is 1. The maximum Gasteiger partial charge on any atom is 0.251 e. The quantitative estimate of drug-likeness (QED) is 0.797. The van der Waals surface area contributed by atoms with Gasteiger partial charge in [0.15, 0.2) is 0 Å². The molecule has 0 unspecified atom stereocenters. The predicted molar refractivity (Wildman–Crippen MR) is 79.9 cm³/mol. The summed E-state index contributed by atoms with van der Waals surface area (Å²) in [5.41, 5.74) is 0.646. The van der Waals surface area contributed by atoms with E-state index in [1.165, 1.54) is 0 Å². The van der Waals surface area contributed by atoms with Gasteiger partial charge in [-0.05, 0) is 43.5 Å². The number of carbonyl (C=O) groups excluding carboxylic acids is 1. The molecule has 1 aromatic heterocycles. The number of imidazole rings is 1. The van der Waals surface area contributed by atoms with Crippen LogP contribution in [0.5, 0.6) is 0 Å². The Morgan fingerprint density at radius 3 is 2.70 bits per heavy atom. The number of halogens is 1. The number of aryl methyl sites for hydroxylation is 1. The van der Waals surface area contributed by atoms with Crippen molar-refractivity contribution in [2.24, 2.45) is 0 Å². The minimum absolute atomic E-state index is 0.0451. The van der Waals surface area contributed by atoms with Gasteiger partial charge in [0, 0.05) is 36.1 Å². The third-order valence-electron chi connectivity index (χ3n) is 3.04. The second-order valence-electron chi connectivity index (χ2n) is 4.62. The van der Waals surface area contributed by atoms with Gasteiger partial charge in [0.05, 0.1) is 6.33 Å². The minimum Gasteiger partial charge on any atom is -0.352 e. The Labute approximate surface area is 123 Å². The van der Waals surface area contributed by atoms with Crippen molar-refractivity contribution in [3.63, 3.8) is 0 Å². The van der Waals surface area contributed by atoms with Gasteiger partial charge in [-0.1, -0.05) is 11.6 Å². The first kappa shape index (κ1) is 14.6. The van der Waals surface area contributed by atoms with Crippen LogP contribution in [-0.2, 0) is 6.54 Å². The van der Waals surface area contributed by atoms with Crippen LogP contribution in [0.15, 0.2) is 43.0 Å². The molecular weight excluding hydrogens is 274 g/mol. The van der Waals surface area contributed by atoms with Crippen LogP contribution in [0.4, 0.5) is 0 Å². The standard InChI is InChI=1S/C15H18ClN3O/c16-14-6-4-13(5-7-14)15(20)18-8-2-1-3-10-19-11-9-17-12-19/h4-7,9,11-12H,1-3,8,10H2,(H,18,20). The topological polar surface area (TPSA) is 46.9 Å². The molecule has 20 heavy (non-hydrogen) atoms. The Hall–Kier alpha value is -1.81. The fraction of sp³-hybridized carbons (Fsp3) is 0.333. The van der Waals surface area contributed by atoms with Gasteiger partial charge in [-0.25, -0.2) is 4.98 Å². The number of amides is 1. The molecule has 0 fully saturated rings. The van der Waals surface area contributed by atoms with Crippen molar-refractivity contribution < 1.29 is 4.79 Å². The zero-order chi connectivity index (χ0) is 14.2. The molecule has 0 saturated heterocycles. The van der Waals surface area contributed by atoms with Gasteiger partial charge in [-0.3, -0.25) is 4.79 Å². The van der Waals surface area contributed by atoms with Gasteiger partial charge < -0.3 is 9.88 Å². The number of nitrogens with zero attached hydrogens (tertiary/aromatic N) is 2. The lowest BCUT2D eigenvalue weighted by atomic mass is 10.2. The van der Waals surface area contributed by atoms with Crippen LogP contribution < -0.4 is 5.32 Å². The summed E-state index contributed by atoms with van der Waals surface area (Å²) in [4.78, 5) is 15.8. The zero-order valence-electron chi connectivity index (χ0n) is 11.3. The number of hydrogen-bond acceptors (Lipinski definition) is 2. The van der Waals surface area contributed by atoms with Crippen molar-refractivity contribution >= 4 is 17.5 Å². The number of carbonyl (C=O) groups is 1. The van der Waals surface area contributed by atoms with Crippen molar-refractivity contribution in [2.75, 3.05) is 6.54 Å². The molecule has 0 spiro atoms. The van der Waals surface area contributed by atoms with Crippen LogP contribution in [0, 0.1) is 0 Å². The van der Waals surface area contributed by atoms with Crippen molar-refractivity contribution in [2.45, 2.75) is 25.8 Å². The van der Waals surface area contributed by atoms with Crippen molar-refractivity contribution in [1.29, 1.82) is 0 Å². The molecular formula is C15H18ClN3O. The number of hydrogen-bond donors (Lipinski definition) is 1. The first-order valence-corrected chi connectivity index (χ1v) is 7.13. The Morgan fingerprint density at radius 1 is 1.20 bits per heavy atom. The highest BCUT2D eigenvalue weighted by Gasteiger charge is 2.03. The Kier molecular flexibility index (Phi) is 5.62. The molecule has 1 aromatic carbocycles. The molecule has 1 heterocycles. The van der Waals surface area contributed by atoms with Crippen LogP contribution in [0.2, 0.25) is 5.02 Å². The second-order valence-corrected chi connectivity index (χ2v) is 5.06. The van der Waals surface area contributed by atoms with Gasteiger partial charge in [0.25, 0.3) is 5.91 Å². The molecule has 0 saturated carbocycles. The predicted octanol–water partition coefficient (Wildman–Crippen LogP) is 3.14. The third-order valence-corrected chi connectivity index (χ3v) is 3.30. The minimum atomic E-state index is -0.0451. The van der Waals surface area contributed by atoms with E-state index >= 15 is 0 Å². The fourth-order valence-electron chi connectivity index (χ4n) is 1.92. The average Bonchev–Trinajstić information content (AvgIpc) is 2.96. The highest BCUT2D eigenvalue weighted by Crippen LogP contribution is 2.09. The van der Waals surface area contributed by atoms with Crippen LogP contribution in [0.1, 0.15) is 29.6 Å². The van der Waals surface area contributed by atoms with E-state index < -0.39 is 0 Å². The number of rotatable bonds is 7. The largest absolute Gasteiger partial charge is 0.352 e. The van der Waals surface area contributed by atoms with Crippen molar-refractivity contribution in [3.8, 4) is 0 Å². The number of aromatic nitrogens is 2. The Morgan fingerprint density at radius 2 is 2.00 bits per heavy atom. The van der Waals surface area contributed by atoms with E-state index in [1.807, 2.05) is 12.5 Å². The van der Waals surface area contributed by atoms with Crippen molar-refractivity contribution in [3.05, 3.63) is 53.6 Å². The van der Waals surface area contributed by atoms with Gasteiger partial charge >= 0.3 is 0 Å². The summed E-state index contributed by atoms with van der Waals surface area (Å²) >= 11 is 5.78. The molecule has 0 aliphatic heterocycles. The number of nitrogens with one attached hydrogen (secondary N) is 1. The smallest absolute Gasteiger partial charge is 0.251 e. The SMILES string of the molecule is O=C(NCCCCCn1ccnc1)c1ccc(Cl)cc1. The number of unbranched alkanes of at least 4 members (excludes halogenated alkanes) is 2. The lowest BCUT2D eigenvalue weighted by Crippen LogP contribution is -2.24. The van der Waals surface area contributed by atoms with Crippen molar-refractivity contribution in [1.82, 2.24) is 14.9 Å². The fourth-order valence-corrected chi connectivity index (χ4v) is 2.05. The molecule has 0 radical (unpaired) electrons.